The smallest absolute Gasteiger partial charge is 0.260 e. The van der Waals surface area contributed by atoms with E-state index >= 15 is 0 Å². The molecule has 0 aliphatic carbocycles. The molecule has 1 aliphatic rings. The van der Waals surface area contributed by atoms with Crippen LogP contribution in [0.4, 0.5) is 5.69 Å². The molecule has 0 radical (unpaired) electrons. The van der Waals surface area contributed by atoms with Crippen molar-refractivity contribution in [3.63, 3.8) is 0 Å². The Morgan fingerprint density at radius 3 is 2.91 bits per heavy atom. The maximum atomic E-state index is 12.7. The highest BCUT2D eigenvalue weighted by atomic mass is 16.5. The first-order valence-corrected chi connectivity index (χ1v) is 7.16. The molecule has 6 nitrogen and oxygen atoms in total. The Labute approximate surface area is 128 Å². The predicted molar refractivity (Wildman–Crippen MR) is 81.4 cm³/mol. The third-order valence-electron chi connectivity index (χ3n) is 3.21. The number of amides is 1. The lowest BCUT2D eigenvalue weighted by molar-refractivity contribution is 0.0976. The summed E-state index contributed by atoms with van der Waals surface area (Å²) in [7, 11) is 0. The molecule has 0 atom stereocenters. The van der Waals surface area contributed by atoms with E-state index in [0.717, 1.165) is 0 Å². The number of carbonyl (C=O) groups is 1. The zero-order valence-electron chi connectivity index (χ0n) is 12.5. The quantitative estimate of drug-likeness (QED) is 0.870. The zero-order chi connectivity index (χ0) is 15.5. The first-order valence-electron chi connectivity index (χ1n) is 7.16. The van der Waals surface area contributed by atoms with Gasteiger partial charge in [-0.15, -0.1) is 0 Å². The van der Waals surface area contributed by atoms with Crippen molar-refractivity contribution in [2.75, 3.05) is 18.1 Å². The van der Waals surface area contributed by atoms with Crippen LogP contribution in [-0.4, -0.2) is 35.1 Å². The molecule has 3 heterocycles. The zero-order valence-corrected chi connectivity index (χ0v) is 12.5. The number of ether oxygens (including phenoxy) is 2. The number of carbonyl (C=O) groups excluding carboxylic acids is 1. The van der Waals surface area contributed by atoms with Gasteiger partial charge in [-0.1, -0.05) is 0 Å². The van der Waals surface area contributed by atoms with Crippen molar-refractivity contribution < 1.29 is 14.3 Å². The van der Waals surface area contributed by atoms with Crippen LogP contribution in [0, 0.1) is 0 Å². The molecule has 22 heavy (non-hydrogen) atoms. The standard InChI is InChI=1S/C16H17N3O3/c1-11(2)22-15-4-3-12(9-18-15)16(20)19-7-8-21-14-5-6-17-10-13(14)19/h3-6,9-11H,7-8H2,1-2H3. The van der Waals surface area contributed by atoms with Crippen LogP contribution in [0.5, 0.6) is 11.6 Å². The van der Waals surface area contributed by atoms with Gasteiger partial charge in [0, 0.05) is 24.5 Å². The van der Waals surface area contributed by atoms with E-state index in [4.69, 9.17) is 9.47 Å². The normalized spacial score (nSPS) is 13.5. The minimum atomic E-state index is -0.124. The van der Waals surface area contributed by atoms with Crippen molar-refractivity contribution in [3.8, 4) is 11.6 Å². The van der Waals surface area contributed by atoms with Crippen molar-refractivity contribution in [2.45, 2.75) is 20.0 Å². The first kappa shape index (κ1) is 14.3. The average Bonchev–Trinajstić information content (AvgIpc) is 2.54. The lowest BCUT2D eigenvalue weighted by Gasteiger charge is -2.28. The Balaban J connectivity index is 1.83. The van der Waals surface area contributed by atoms with Gasteiger partial charge in [0.15, 0.2) is 0 Å². The number of aromatic nitrogens is 2. The predicted octanol–water partition coefficient (Wildman–Crippen LogP) is 2.30. The van der Waals surface area contributed by atoms with E-state index in [1.54, 1.807) is 35.5 Å². The largest absolute Gasteiger partial charge is 0.489 e. The van der Waals surface area contributed by atoms with E-state index in [9.17, 15) is 4.79 Å². The lowest BCUT2D eigenvalue weighted by atomic mass is 10.2. The van der Waals surface area contributed by atoms with Gasteiger partial charge < -0.3 is 14.4 Å². The molecule has 2 aromatic rings. The van der Waals surface area contributed by atoms with Crippen LogP contribution < -0.4 is 14.4 Å². The fourth-order valence-electron chi connectivity index (χ4n) is 2.25. The Morgan fingerprint density at radius 1 is 1.32 bits per heavy atom. The van der Waals surface area contributed by atoms with E-state index in [-0.39, 0.29) is 12.0 Å². The van der Waals surface area contributed by atoms with Gasteiger partial charge in [-0.25, -0.2) is 4.98 Å². The summed E-state index contributed by atoms with van der Waals surface area (Å²) < 4.78 is 11.0. The molecule has 3 rings (SSSR count). The molecule has 0 unspecified atom stereocenters. The van der Waals surface area contributed by atoms with Crippen molar-refractivity contribution in [1.29, 1.82) is 0 Å². The number of nitrogens with zero attached hydrogens (tertiary/aromatic N) is 3. The Hall–Kier alpha value is -2.63. The Morgan fingerprint density at radius 2 is 2.18 bits per heavy atom. The Kier molecular flexibility index (Phi) is 3.91. The molecule has 1 aliphatic heterocycles. The highest BCUT2D eigenvalue weighted by Crippen LogP contribution is 2.31. The molecule has 0 bridgehead atoms. The lowest BCUT2D eigenvalue weighted by Crippen LogP contribution is -2.38. The van der Waals surface area contributed by atoms with Crippen molar-refractivity contribution in [3.05, 3.63) is 42.4 Å². The van der Waals surface area contributed by atoms with Crippen molar-refractivity contribution in [2.24, 2.45) is 0 Å². The third kappa shape index (κ3) is 2.86. The molecule has 0 spiro atoms. The van der Waals surface area contributed by atoms with Gasteiger partial charge in [-0.2, -0.15) is 0 Å². The van der Waals surface area contributed by atoms with Crippen LogP contribution in [0.3, 0.4) is 0 Å². The second-order valence-corrected chi connectivity index (χ2v) is 5.20. The SMILES string of the molecule is CC(C)Oc1ccc(C(=O)N2CCOc3ccncc32)cn1. The summed E-state index contributed by atoms with van der Waals surface area (Å²) in [4.78, 5) is 22.6. The number of hydrogen-bond acceptors (Lipinski definition) is 5. The summed E-state index contributed by atoms with van der Waals surface area (Å²) in [6.07, 6.45) is 4.86. The summed E-state index contributed by atoms with van der Waals surface area (Å²) in [5, 5.41) is 0. The fourth-order valence-corrected chi connectivity index (χ4v) is 2.25. The van der Waals surface area contributed by atoms with Gasteiger partial charge in [-0.05, 0) is 19.9 Å². The minimum Gasteiger partial charge on any atom is -0.489 e. The van der Waals surface area contributed by atoms with E-state index in [0.29, 0.717) is 36.0 Å². The van der Waals surface area contributed by atoms with Crippen molar-refractivity contribution >= 4 is 11.6 Å². The second kappa shape index (κ2) is 6.01. The summed E-state index contributed by atoms with van der Waals surface area (Å²) >= 11 is 0. The van der Waals surface area contributed by atoms with Crippen LogP contribution >= 0.6 is 0 Å². The molecular weight excluding hydrogens is 282 g/mol. The minimum absolute atomic E-state index is 0.0475. The Bertz CT molecular complexity index is 671. The number of hydrogen-bond donors (Lipinski definition) is 0. The summed E-state index contributed by atoms with van der Waals surface area (Å²) in [5.41, 5.74) is 1.19. The summed E-state index contributed by atoms with van der Waals surface area (Å²) in [6.45, 7) is 4.81. The molecule has 6 heteroatoms. The van der Waals surface area contributed by atoms with E-state index in [1.165, 1.54) is 6.20 Å². The van der Waals surface area contributed by atoms with Gasteiger partial charge >= 0.3 is 0 Å². The molecule has 114 valence electrons. The monoisotopic (exact) mass is 299 g/mol. The van der Waals surface area contributed by atoms with E-state index in [2.05, 4.69) is 9.97 Å². The topological polar surface area (TPSA) is 64.5 Å². The summed E-state index contributed by atoms with van der Waals surface area (Å²) in [5.74, 6) is 1.05. The van der Waals surface area contributed by atoms with Gasteiger partial charge in [-0.3, -0.25) is 9.78 Å². The molecule has 0 saturated carbocycles. The van der Waals surface area contributed by atoms with Gasteiger partial charge in [0.05, 0.1) is 24.4 Å². The highest BCUT2D eigenvalue weighted by Gasteiger charge is 2.25. The van der Waals surface area contributed by atoms with Crippen LogP contribution in [0.15, 0.2) is 36.8 Å². The fraction of sp³-hybridized carbons (Fsp3) is 0.312. The summed E-state index contributed by atoms with van der Waals surface area (Å²) in [6, 6.07) is 5.18. The molecule has 0 N–H and O–H groups in total. The molecule has 0 aromatic carbocycles. The van der Waals surface area contributed by atoms with Crippen molar-refractivity contribution in [1.82, 2.24) is 9.97 Å². The highest BCUT2D eigenvalue weighted by molar-refractivity contribution is 6.06. The van der Waals surface area contributed by atoms with Crippen LogP contribution in [0.25, 0.3) is 0 Å². The first-order chi connectivity index (χ1) is 10.6. The molecule has 0 saturated heterocycles. The number of anilines is 1. The molecule has 0 fully saturated rings. The number of rotatable bonds is 3. The van der Waals surface area contributed by atoms with E-state index in [1.807, 2.05) is 13.8 Å². The van der Waals surface area contributed by atoms with Crippen LogP contribution in [0.2, 0.25) is 0 Å². The maximum absolute atomic E-state index is 12.7. The van der Waals surface area contributed by atoms with E-state index < -0.39 is 0 Å². The van der Waals surface area contributed by atoms with Crippen LogP contribution in [0.1, 0.15) is 24.2 Å². The second-order valence-electron chi connectivity index (χ2n) is 5.20. The molecular formula is C16H17N3O3. The molecule has 2 aromatic heterocycles. The average molecular weight is 299 g/mol. The van der Waals surface area contributed by atoms with Gasteiger partial charge in [0.25, 0.3) is 5.91 Å². The van der Waals surface area contributed by atoms with Gasteiger partial charge in [0.2, 0.25) is 5.88 Å². The third-order valence-corrected chi connectivity index (χ3v) is 3.21. The van der Waals surface area contributed by atoms with Crippen LogP contribution in [-0.2, 0) is 0 Å². The van der Waals surface area contributed by atoms with Gasteiger partial charge in [0.1, 0.15) is 18.0 Å². The number of fused-ring (bicyclic) bond motifs is 1. The molecule has 1 amide bonds. The number of pyridine rings is 2. The maximum Gasteiger partial charge on any atom is 0.260 e.